The Hall–Kier alpha value is -2.19. The fourth-order valence-corrected chi connectivity index (χ4v) is 2.08. The Bertz CT molecular complexity index is 537. The molecule has 1 amide bonds. The molecular formula is C12H14N2O6. The summed E-state index contributed by atoms with van der Waals surface area (Å²) < 4.78 is 4.89. The number of nitro benzene ring substituents is 1. The van der Waals surface area contributed by atoms with Gasteiger partial charge in [0.05, 0.1) is 24.2 Å². The van der Waals surface area contributed by atoms with Crippen LogP contribution in [0.4, 0.5) is 5.69 Å². The first-order valence-electron chi connectivity index (χ1n) is 5.92. The van der Waals surface area contributed by atoms with E-state index >= 15 is 0 Å². The van der Waals surface area contributed by atoms with Gasteiger partial charge in [-0.3, -0.25) is 14.9 Å². The molecule has 0 saturated carbocycles. The number of nitrogens with zero attached hydrogens (tertiary/aromatic N) is 2. The Morgan fingerprint density at radius 1 is 1.40 bits per heavy atom. The minimum Gasteiger partial charge on any atom is -0.490 e. The highest BCUT2D eigenvalue weighted by Gasteiger charge is 2.33. The van der Waals surface area contributed by atoms with Crippen LogP contribution in [0.1, 0.15) is 10.4 Å². The van der Waals surface area contributed by atoms with E-state index in [4.69, 9.17) is 4.74 Å². The summed E-state index contributed by atoms with van der Waals surface area (Å²) in [7, 11) is 1.28. The van der Waals surface area contributed by atoms with Crippen LogP contribution in [0.2, 0.25) is 0 Å². The van der Waals surface area contributed by atoms with Gasteiger partial charge in [-0.1, -0.05) is 0 Å². The zero-order valence-corrected chi connectivity index (χ0v) is 10.7. The molecule has 8 nitrogen and oxygen atoms in total. The van der Waals surface area contributed by atoms with Gasteiger partial charge >= 0.3 is 5.69 Å². The van der Waals surface area contributed by atoms with E-state index in [0.29, 0.717) is 0 Å². The summed E-state index contributed by atoms with van der Waals surface area (Å²) in [5.74, 6) is -0.435. The van der Waals surface area contributed by atoms with Crippen LogP contribution in [-0.2, 0) is 0 Å². The van der Waals surface area contributed by atoms with E-state index in [2.05, 4.69) is 0 Å². The van der Waals surface area contributed by atoms with Crippen LogP contribution in [0.25, 0.3) is 0 Å². The second-order valence-electron chi connectivity index (χ2n) is 4.49. The Morgan fingerprint density at radius 2 is 2.00 bits per heavy atom. The Labute approximate surface area is 114 Å². The van der Waals surface area contributed by atoms with Crippen LogP contribution < -0.4 is 4.74 Å². The second kappa shape index (κ2) is 5.43. The number of benzene rings is 1. The normalized spacial score (nSPS) is 21.9. The van der Waals surface area contributed by atoms with Crippen molar-refractivity contribution in [2.24, 2.45) is 0 Å². The van der Waals surface area contributed by atoms with Gasteiger partial charge in [-0.15, -0.1) is 0 Å². The number of likely N-dealkylation sites (tertiary alicyclic amines) is 1. The summed E-state index contributed by atoms with van der Waals surface area (Å²) in [5, 5.41) is 29.6. The van der Waals surface area contributed by atoms with E-state index < -0.39 is 23.0 Å². The van der Waals surface area contributed by atoms with Crippen molar-refractivity contribution in [2.45, 2.75) is 12.2 Å². The third-order valence-electron chi connectivity index (χ3n) is 3.17. The van der Waals surface area contributed by atoms with Gasteiger partial charge < -0.3 is 19.8 Å². The van der Waals surface area contributed by atoms with Crippen molar-refractivity contribution in [1.82, 2.24) is 4.90 Å². The molecule has 1 aliphatic heterocycles. The lowest BCUT2D eigenvalue weighted by molar-refractivity contribution is -0.385. The highest BCUT2D eigenvalue weighted by Crippen LogP contribution is 2.28. The number of methoxy groups -OCH3 is 1. The molecule has 108 valence electrons. The van der Waals surface area contributed by atoms with E-state index in [9.17, 15) is 25.1 Å². The summed E-state index contributed by atoms with van der Waals surface area (Å²) in [6.07, 6.45) is -1.95. The Balaban J connectivity index is 2.25. The van der Waals surface area contributed by atoms with Crippen LogP contribution in [-0.4, -0.2) is 58.4 Å². The number of rotatable bonds is 3. The molecular weight excluding hydrogens is 268 g/mol. The smallest absolute Gasteiger partial charge is 0.310 e. The first-order chi connectivity index (χ1) is 9.43. The number of hydrogen-bond donors (Lipinski definition) is 2. The monoisotopic (exact) mass is 282 g/mol. The molecule has 1 aromatic carbocycles. The third kappa shape index (κ3) is 2.56. The van der Waals surface area contributed by atoms with Gasteiger partial charge in [0.25, 0.3) is 5.91 Å². The Morgan fingerprint density at radius 3 is 2.50 bits per heavy atom. The number of hydrogen-bond acceptors (Lipinski definition) is 6. The predicted octanol–water partition coefficient (Wildman–Crippen LogP) is -0.219. The van der Waals surface area contributed by atoms with Crippen LogP contribution in [0.5, 0.6) is 5.75 Å². The van der Waals surface area contributed by atoms with Crippen LogP contribution in [0.15, 0.2) is 18.2 Å². The van der Waals surface area contributed by atoms with Crippen LogP contribution >= 0.6 is 0 Å². The zero-order chi connectivity index (χ0) is 14.9. The molecule has 2 atom stereocenters. The van der Waals surface area contributed by atoms with Gasteiger partial charge in [-0.05, 0) is 6.07 Å². The molecule has 0 spiro atoms. The van der Waals surface area contributed by atoms with Gasteiger partial charge in [0, 0.05) is 30.8 Å². The summed E-state index contributed by atoms with van der Waals surface area (Å²) in [6.45, 7) is 0.0542. The van der Waals surface area contributed by atoms with E-state index in [0.717, 1.165) is 0 Å². The molecule has 2 rings (SSSR count). The summed E-state index contributed by atoms with van der Waals surface area (Å²) >= 11 is 0. The number of aliphatic hydroxyl groups excluding tert-OH is 2. The molecule has 0 aliphatic carbocycles. The largest absolute Gasteiger partial charge is 0.490 e. The molecule has 8 heteroatoms. The lowest BCUT2D eigenvalue weighted by atomic mass is 10.1. The minimum absolute atomic E-state index is 0.0128. The SMILES string of the molecule is COc1cc(C(=O)N2C[C@@H](O)[C@@H](O)C2)ccc1[N+](=O)[O-]. The molecule has 0 unspecified atom stereocenters. The molecule has 0 bridgehead atoms. The van der Waals surface area contributed by atoms with Gasteiger partial charge in [0.1, 0.15) is 0 Å². The molecule has 2 N–H and O–H groups in total. The maximum Gasteiger partial charge on any atom is 0.310 e. The first-order valence-corrected chi connectivity index (χ1v) is 5.92. The van der Waals surface area contributed by atoms with Gasteiger partial charge in [-0.25, -0.2) is 0 Å². The Kier molecular flexibility index (Phi) is 3.86. The van der Waals surface area contributed by atoms with Crippen molar-refractivity contribution in [3.63, 3.8) is 0 Å². The lowest BCUT2D eigenvalue weighted by Crippen LogP contribution is -2.29. The number of aliphatic hydroxyl groups is 2. The van der Waals surface area contributed by atoms with Gasteiger partial charge in [0.15, 0.2) is 5.75 Å². The van der Waals surface area contributed by atoms with Crippen molar-refractivity contribution in [1.29, 1.82) is 0 Å². The van der Waals surface area contributed by atoms with E-state index in [1.807, 2.05) is 0 Å². The van der Waals surface area contributed by atoms with Crippen molar-refractivity contribution in [3.8, 4) is 5.75 Å². The third-order valence-corrected chi connectivity index (χ3v) is 3.17. The van der Waals surface area contributed by atoms with Crippen LogP contribution in [0.3, 0.4) is 0 Å². The number of amides is 1. The highest BCUT2D eigenvalue weighted by atomic mass is 16.6. The highest BCUT2D eigenvalue weighted by molar-refractivity contribution is 5.95. The number of carbonyl (C=O) groups excluding carboxylic acids is 1. The van der Waals surface area contributed by atoms with E-state index in [1.165, 1.54) is 30.2 Å². The molecule has 1 heterocycles. The summed E-state index contributed by atoms with van der Waals surface area (Å²) in [6, 6.07) is 3.78. The maximum atomic E-state index is 12.2. The van der Waals surface area contributed by atoms with Gasteiger partial charge in [0.2, 0.25) is 0 Å². The maximum absolute atomic E-state index is 12.2. The fraction of sp³-hybridized carbons (Fsp3) is 0.417. The molecule has 1 fully saturated rings. The molecule has 1 aromatic rings. The summed E-state index contributed by atoms with van der Waals surface area (Å²) in [5.41, 5.74) is -0.0284. The fourth-order valence-electron chi connectivity index (χ4n) is 2.08. The zero-order valence-electron chi connectivity index (χ0n) is 10.7. The van der Waals surface area contributed by atoms with Crippen molar-refractivity contribution < 1.29 is 24.7 Å². The van der Waals surface area contributed by atoms with Gasteiger partial charge in [-0.2, -0.15) is 0 Å². The van der Waals surface area contributed by atoms with E-state index in [-0.39, 0.29) is 30.1 Å². The molecule has 0 radical (unpaired) electrons. The average molecular weight is 282 g/mol. The quantitative estimate of drug-likeness (QED) is 0.585. The number of β-amino-alcohol motifs (C(OH)–C–C–N with tert-alkyl or cyclic N) is 2. The van der Waals surface area contributed by atoms with Crippen LogP contribution in [0, 0.1) is 10.1 Å². The number of nitro groups is 1. The molecule has 1 aliphatic rings. The lowest BCUT2D eigenvalue weighted by Gasteiger charge is -2.15. The van der Waals surface area contributed by atoms with E-state index in [1.54, 1.807) is 0 Å². The number of ether oxygens (including phenoxy) is 1. The van der Waals surface area contributed by atoms with Crippen molar-refractivity contribution >= 4 is 11.6 Å². The average Bonchev–Trinajstić information content (AvgIpc) is 2.77. The molecule has 1 saturated heterocycles. The predicted molar refractivity (Wildman–Crippen MR) is 67.6 cm³/mol. The second-order valence-corrected chi connectivity index (χ2v) is 4.49. The van der Waals surface area contributed by atoms with Crippen molar-refractivity contribution in [3.05, 3.63) is 33.9 Å². The topological polar surface area (TPSA) is 113 Å². The minimum atomic E-state index is -0.973. The number of carbonyl (C=O) groups is 1. The summed E-state index contributed by atoms with van der Waals surface area (Å²) in [4.78, 5) is 23.6. The first kappa shape index (κ1) is 14.2. The molecule has 20 heavy (non-hydrogen) atoms. The van der Waals surface area contributed by atoms with Crippen molar-refractivity contribution in [2.75, 3.05) is 20.2 Å². The standard InChI is InChI=1S/C12H14N2O6/c1-20-11-4-7(2-3-8(11)14(18)19)12(17)13-5-9(15)10(16)6-13/h2-4,9-10,15-16H,5-6H2,1H3/t9-,10+. The molecule has 0 aromatic heterocycles.